The van der Waals surface area contributed by atoms with Crippen LogP contribution in [0.2, 0.25) is 5.02 Å². The van der Waals surface area contributed by atoms with Gasteiger partial charge in [0.15, 0.2) is 0 Å². The molecule has 4 nitrogen and oxygen atoms in total. The van der Waals surface area contributed by atoms with Crippen molar-refractivity contribution in [3.63, 3.8) is 0 Å². The Morgan fingerprint density at radius 3 is 2.63 bits per heavy atom. The van der Waals surface area contributed by atoms with Crippen molar-refractivity contribution < 1.29 is 8.91 Å². The average Bonchev–Trinajstić information content (AvgIpc) is 2.79. The van der Waals surface area contributed by atoms with E-state index in [1.807, 2.05) is 20.8 Å². The summed E-state index contributed by atoms with van der Waals surface area (Å²) in [5, 5.41) is 3.86. The molecule has 0 bridgehead atoms. The summed E-state index contributed by atoms with van der Waals surface area (Å²) in [4.78, 5) is 4.23. The molecule has 1 heterocycles. The molecule has 102 valence electrons. The monoisotopic (exact) mass is 283 g/mol. The maximum atomic E-state index is 13.1. The Hall–Kier alpha value is -1.46. The molecule has 0 aliphatic rings. The second-order valence-electron chi connectivity index (χ2n) is 5.43. The zero-order valence-corrected chi connectivity index (χ0v) is 11.7. The van der Waals surface area contributed by atoms with Crippen molar-refractivity contribution in [2.24, 2.45) is 11.1 Å². The number of nitrogens with two attached hydrogens (primary N) is 1. The zero-order valence-electron chi connectivity index (χ0n) is 10.9. The minimum Gasteiger partial charge on any atom is -0.337 e. The first-order valence-electron chi connectivity index (χ1n) is 5.83. The van der Waals surface area contributed by atoms with Gasteiger partial charge in [-0.05, 0) is 23.6 Å². The Morgan fingerprint density at radius 1 is 1.37 bits per heavy atom. The number of benzene rings is 1. The fraction of sp³-hybridized carbons (Fsp3) is 0.385. The van der Waals surface area contributed by atoms with E-state index < -0.39 is 5.82 Å². The van der Waals surface area contributed by atoms with Crippen LogP contribution in [-0.4, -0.2) is 10.1 Å². The van der Waals surface area contributed by atoms with Crippen LogP contribution in [0, 0.1) is 11.2 Å². The van der Waals surface area contributed by atoms with Crippen LogP contribution in [0.4, 0.5) is 4.39 Å². The molecule has 0 saturated carbocycles. The lowest BCUT2D eigenvalue weighted by Crippen LogP contribution is -2.26. The van der Waals surface area contributed by atoms with Crippen molar-refractivity contribution >= 4 is 11.6 Å². The molecule has 0 aliphatic heterocycles. The predicted molar refractivity (Wildman–Crippen MR) is 71.1 cm³/mol. The highest BCUT2D eigenvalue weighted by atomic mass is 35.5. The summed E-state index contributed by atoms with van der Waals surface area (Å²) in [6.07, 6.45) is 0. The van der Waals surface area contributed by atoms with Crippen LogP contribution in [-0.2, 0) is 0 Å². The number of rotatable bonds is 2. The fourth-order valence-corrected chi connectivity index (χ4v) is 1.66. The van der Waals surface area contributed by atoms with E-state index in [1.165, 1.54) is 12.1 Å². The molecule has 19 heavy (non-hydrogen) atoms. The van der Waals surface area contributed by atoms with Crippen LogP contribution in [0.5, 0.6) is 0 Å². The lowest BCUT2D eigenvalue weighted by atomic mass is 9.87. The summed E-state index contributed by atoms with van der Waals surface area (Å²) in [7, 11) is 0. The molecular weight excluding hydrogens is 269 g/mol. The predicted octanol–water partition coefficient (Wildman–Crippen LogP) is 3.58. The number of aromatic nitrogens is 2. The molecule has 1 atom stereocenters. The summed E-state index contributed by atoms with van der Waals surface area (Å²) in [6, 6.07) is 3.88. The molecule has 1 aromatic carbocycles. The van der Waals surface area contributed by atoms with E-state index in [9.17, 15) is 4.39 Å². The quantitative estimate of drug-likeness (QED) is 0.915. The van der Waals surface area contributed by atoms with Crippen LogP contribution in [0.25, 0.3) is 11.4 Å². The molecular formula is C13H15ClFN3O. The second-order valence-corrected chi connectivity index (χ2v) is 5.84. The molecule has 0 aliphatic carbocycles. The van der Waals surface area contributed by atoms with E-state index in [0.29, 0.717) is 17.3 Å². The van der Waals surface area contributed by atoms with Crippen LogP contribution in [0.1, 0.15) is 32.7 Å². The molecule has 6 heteroatoms. The van der Waals surface area contributed by atoms with Crippen molar-refractivity contribution in [1.29, 1.82) is 0 Å². The van der Waals surface area contributed by atoms with Gasteiger partial charge in [0.2, 0.25) is 11.7 Å². The summed E-state index contributed by atoms with van der Waals surface area (Å²) in [5.74, 6) is 0.208. The Morgan fingerprint density at radius 2 is 2.05 bits per heavy atom. The maximum absolute atomic E-state index is 13.1. The van der Waals surface area contributed by atoms with Crippen molar-refractivity contribution in [1.82, 2.24) is 10.1 Å². The molecule has 0 fully saturated rings. The Kier molecular flexibility index (Phi) is 3.60. The summed E-state index contributed by atoms with van der Waals surface area (Å²) < 4.78 is 18.2. The Bertz CT molecular complexity index is 592. The molecule has 0 radical (unpaired) electrons. The third kappa shape index (κ3) is 2.93. The highest BCUT2D eigenvalue weighted by Gasteiger charge is 2.27. The molecule has 1 aromatic heterocycles. The smallest absolute Gasteiger partial charge is 0.244 e. The zero-order chi connectivity index (χ0) is 14.2. The largest absolute Gasteiger partial charge is 0.337 e. The summed E-state index contributed by atoms with van der Waals surface area (Å²) >= 11 is 5.72. The molecule has 2 aromatic rings. The fourth-order valence-electron chi connectivity index (χ4n) is 1.48. The average molecular weight is 284 g/mol. The molecule has 0 spiro atoms. The van der Waals surface area contributed by atoms with Crippen molar-refractivity contribution in [2.45, 2.75) is 26.8 Å². The SMILES string of the molecule is CC(C)(C)[C@H](N)c1nc(-c2ccc(F)c(Cl)c2)no1. The number of hydrogen-bond donors (Lipinski definition) is 1. The summed E-state index contributed by atoms with van der Waals surface area (Å²) in [5.41, 5.74) is 6.43. The number of nitrogens with zero attached hydrogens (tertiary/aromatic N) is 2. The van der Waals surface area contributed by atoms with E-state index in [0.717, 1.165) is 0 Å². The minimum absolute atomic E-state index is 0.0176. The normalized spacial score (nSPS) is 13.6. The van der Waals surface area contributed by atoms with Crippen molar-refractivity contribution in [3.05, 3.63) is 34.9 Å². The number of hydrogen-bond acceptors (Lipinski definition) is 4. The molecule has 2 N–H and O–H groups in total. The molecule has 2 rings (SSSR count). The van der Waals surface area contributed by atoms with E-state index in [2.05, 4.69) is 10.1 Å². The molecule has 0 amide bonds. The Balaban J connectivity index is 2.33. The molecule has 0 saturated heterocycles. The lowest BCUT2D eigenvalue weighted by Gasteiger charge is -2.23. The second kappa shape index (κ2) is 4.90. The van der Waals surface area contributed by atoms with Gasteiger partial charge in [-0.25, -0.2) is 4.39 Å². The third-order valence-corrected chi connectivity index (χ3v) is 3.11. The molecule has 0 unspecified atom stereocenters. The topological polar surface area (TPSA) is 64.9 Å². The van der Waals surface area contributed by atoms with Gasteiger partial charge in [-0.15, -0.1) is 0 Å². The number of halogens is 2. The van der Waals surface area contributed by atoms with Gasteiger partial charge in [-0.2, -0.15) is 4.98 Å². The van der Waals surface area contributed by atoms with Crippen LogP contribution >= 0.6 is 11.6 Å². The van der Waals surface area contributed by atoms with Crippen molar-refractivity contribution in [2.75, 3.05) is 0 Å². The van der Waals surface area contributed by atoms with E-state index in [1.54, 1.807) is 6.07 Å². The summed E-state index contributed by atoms with van der Waals surface area (Å²) in [6.45, 7) is 5.95. The van der Waals surface area contributed by atoms with E-state index >= 15 is 0 Å². The van der Waals surface area contributed by atoms with Gasteiger partial charge in [-0.3, -0.25) is 0 Å². The van der Waals surface area contributed by atoms with Crippen LogP contribution < -0.4 is 5.73 Å². The van der Waals surface area contributed by atoms with E-state index in [-0.39, 0.29) is 16.5 Å². The first-order valence-corrected chi connectivity index (χ1v) is 6.21. The standard InChI is InChI=1S/C13H15ClFN3O/c1-13(2,3)10(16)12-17-11(18-19-12)7-4-5-9(15)8(14)6-7/h4-6,10H,16H2,1-3H3/t10-/m1/s1. The van der Waals surface area contributed by atoms with Crippen LogP contribution in [0.3, 0.4) is 0 Å². The van der Waals surface area contributed by atoms with Crippen molar-refractivity contribution in [3.8, 4) is 11.4 Å². The van der Waals surface area contributed by atoms with Gasteiger partial charge >= 0.3 is 0 Å². The van der Waals surface area contributed by atoms with Gasteiger partial charge in [0.1, 0.15) is 5.82 Å². The third-order valence-electron chi connectivity index (χ3n) is 2.82. The van der Waals surface area contributed by atoms with Crippen LogP contribution in [0.15, 0.2) is 22.7 Å². The minimum atomic E-state index is -0.486. The Labute approximate surface area is 115 Å². The van der Waals surface area contributed by atoms with Gasteiger partial charge in [0.05, 0.1) is 11.1 Å². The first-order chi connectivity index (χ1) is 8.79. The van der Waals surface area contributed by atoms with E-state index in [4.69, 9.17) is 21.9 Å². The highest BCUT2D eigenvalue weighted by Crippen LogP contribution is 2.31. The van der Waals surface area contributed by atoms with Gasteiger partial charge in [0, 0.05) is 5.56 Å². The lowest BCUT2D eigenvalue weighted by molar-refractivity contribution is 0.253. The maximum Gasteiger partial charge on any atom is 0.244 e. The van der Waals surface area contributed by atoms with Gasteiger partial charge in [-0.1, -0.05) is 37.5 Å². The van der Waals surface area contributed by atoms with Gasteiger partial charge in [0.25, 0.3) is 0 Å². The highest BCUT2D eigenvalue weighted by molar-refractivity contribution is 6.31. The first kappa shape index (κ1) is 14.0. The van der Waals surface area contributed by atoms with Gasteiger partial charge < -0.3 is 10.3 Å².